The summed E-state index contributed by atoms with van der Waals surface area (Å²) < 4.78 is 0. The topological polar surface area (TPSA) is 41.3 Å². The predicted molar refractivity (Wildman–Crippen MR) is 39.3 cm³/mol. The SMILES string of the molecule is NC1=CC=CN2C=CNC12. The molecule has 2 rings (SSSR count). The van der Waals surface area contributed by atoms with E-state index in [1.54, 1.807) is 0 Å². The second-order valence-electron chi connectivity index (χ2n) is 2.34. The summed E-state index contributed by atoms with van der Waals surface area (Å²) in [6, 6.07) is 0. The molecule has 0 aromatic rings. The maximum absolute atomic E-state index is 5.69. The number of hydrogen-bond donors (Lipinski definition) is 2. The summed E-state index contributed by atoms with van der Waals surface area (Å²) in [6.45, 7) is 0. The first-order chi connectivity index (χ1) is 4.88. The number of hydrogen-bond acceptors (Lipinski definition) is 3. The van der Waals surface area contributed by atoms with Gasteiger partial charge in [-0.1, -0.05) is 0 Å². The second kappa shape index (κ2) is 1.80. The number of rotatable bonds is 0. The summed E-state index contributed by atoms with van der Waals surface area (Å²) in [5.74, 6) is 0. The molecule has 0 amide bonds. The van der Waals surface area contributed by atoms with Gasteiger partial charge in [-0.25, -0.2) is 0 Å². The Morgan fingerprint density at radius 2 is 2.40 bits per heavy atom. The molecule has 0 aromatic carbocycles. The molecule has 3 nitrogen and oxygen atoms in total. The first-order valence-corrected chi connectivity index (χ1v) is 3.22. The van der Waals surface area contributed by atoms with E-state index < -0.39 is 0 Å². The minimum atomic E-state index is 0.157. The zero-order chi connectivity index (χ0) is 6.97. The van der Waals surface area contributed by atoms with E-state index in [4.69, 9.17) is 5.73 Å². The molecule has 2 aliphatic heterocycles. The lowest BCUT2D eigenvalue weighted by Crippen LogP contribution is -2.38. The van der Waals surface area contributed by atoms with Crippen LogP contribution in [0.15, 0.2) is 36.4 Å². The number of allylic oxidation sites excluding steroid dienone is 2. The van der Waals surface area contributed by atoms with Crippen LogP contribution >= 0.6 is 0 Å². The van der Waals surface area contributed by atoms with Crippen molar-refractivity contribution >= 4 is 0 Å². The van der Waals surface area contributed by atoms with Gasteiger partial charge < -0.3 is 16.0 Å². The Morgan fingerprint density at radius 3 is 3.20 bits per heavy atom. The third-order valence-corrected chi connectivity index (χ3v) is 1.66. The van der Waals surface area contributed by atoms with Gasteiger partial charge in [0.2, 0.25) is 0 Å². The Balaban J connectivity index is 2.29. The molecule has 0 saturated carbocycles. The van der Waals surface area contributed by atoms with Crippen molar-refractivity contribution in [2.24, 2.45) is 5.73 Å². The largest absolute Gasteiger partial charge is 0.399 e. The summed E-state index contributed by atoms with van der Waals surface area (Å²) in [5.41, 5.74) is 6.54. The van der Waals surface area contributed by atoms with E-state index in [0.29, 0.717) is 0 Å². The van der Waals surface area contributed by atoms with Gasteiger partial charge in [0.05, 0.1) is 5.70 Å². The highest BCUT2D eigenvalue weighted by Gasteiger charge is 2.19. The molecule has 0 saturated heterocycles. The highest BCUT2D eigenvalue weighted by molar-refractivity contribution is 5.24. The van der Waals surface area contributed by atoms with Gasteiger partial charge in [0.25, 0.3) is 0 Å². The Labute approximate surface area is 59.5 Å². The van der Waals surface area contributed by atoms with Gasteiger partial charge >= 0.3 is 0 Å². The fourth-order valence-corrected chi connectivity index (χ4v) is 1.14. The van der Waals surface area contributed by atoms with Crippen LogP contribution in [0.2, 0.25) is 0 Å². The van der Waals surface area contributed by atoms with Gasteiger partial charge in [0.15, 0.2) is 0 Å². The van der Waals surface area contributed by atoms with Gasteiger partial charge in [-0.2, -0.15) is 0 Å². The fourth-order valence-electron chi connectivity index (χ4n) is 1.14. The summed E-state index contributed by atoms with van der Waals surface area (Å²) >= 11 is 0. The summed E-state index contributed by atoms with van der Waals surface area (Å²) in [7, 11) is 0. The third-order valence-electron chi connectivity index (χ3n) is 1.66. The van der Waals surface area contributed by atoms with Crippen LogP contribution in [0.4, 0.5) is 0 Å². The highest BCUT2D eigenvalue weighted by atomic mass is 15.3. The molecule has 0 aliphatic carbocycles. The molecule has 1 unspecified atom stereocenters. The van der Waals surface area contributed by atoms with Gasteiger partial charge in [0, 0.05) is 18.6 Å². The van der Waals surface area contributed by atoms with Crippen molar-refractivity contribution < 1.29 is 0 Å². The van der Waals surface area contributed by atoms with Crippen LogP contribution in [-0.2, 0) is 0 Å². The Kier molecular flexibility index (Phi) is 0.974. The van der Waals surface area contributed by atoms with Crippen LogP contribution in [0.1, 0.15) is 0 Å². The van der Waals surface area contributed by atoms with E-state index >= 15 is 0 Å². The average molecular weight is 135 g/mol. The van der Waals surface area contributed by atoms with Gasteiger partial charge in [-0.05, 0) is 12.2 Å². The number of nitrogens with two attached hydrogens (primary N) is 1. The van der Waals surface area contributed by atoms with Crippen molar-refractivity contribution in [1.82, 2.24) is 10.2 Å². The Morgan fingerprint density at radius 1 is 1.50 bits per heavy atom. The van der Waals surface area contributed by atoms with Crippen molar-refractivity contribution in [2.45, 2.75) is 6.17 Å². The fraction of sp³-hybridized carbons (Fsp3) is 0.143. The molecule has 1 atom stereocenters. The molecule has 0 bridgehead atoms. The van der Waals surface area contributed by atoms with Gasteiger partial charge in [-0.3, -0.25) is 0 Å². The van der Waals surface area contributed by atoms with Crippen LogP contribution < -0.4 is 11.1 Å². The molecule has 3 N–H and O–H groups in total. The zero-order valence-electron chi connectivity index (χ0n) is 5.49. The normalized spacial score (nSPS) is 27.8. The molecule has 0 aromatic heterocycles. The number of nitrogens with zero attached hydrogens (tertiary/aromatic N) is 1. The Hall–Kier alpha value is -1.38. The summed E-state index contributed by atoms with van der Waals surface area (Å²) in [4.78, 5) is 2.02. The van der Waals surface area contributed by atoms with Crippen molar-refractivity contribution in [3.05, 3.63) is 36.4 Å². The van der Waals surface area contributed by atoms with Crippen molar-refractivity contribution in [3.63, 3.8) is 0 Å². The van der Waals surface area contributed by atoms with Crippen LogP contribution in [0.3, 0.4) is 0 Å². The van der Waals surface area contributed by atoms with Gasteiger partial charge in [-0.15, -0.1) is 0 Å². The Bertz CT molecular complexity index is 227. The number of nitrogens with one attached hydrogen (secondary N) is 1. The van der Waals surface area contributed by atoms with E-state index in [1.165, 1.54) is 0 Å². The van der Waals surface area contributed by atoms with Crippen LogP contribution in [0.5, 0.6) is 0 Å². The minimum Gasteiger partial charge on any atom is -0.399 e. The maximum Gasteiger partial charge on any atom is 0.143 e. The van der Waals surface area contributed by atoms with Gasteiger partial charge in [0.1, 0.15) is 6.17 Å². The molecule has 0 spiro atoms. The van der Waals surface area contributed by atoms with Crippen molar-refractivity contribution in [1.29, 1.82) is 0 Å². The lowest BCUT2D eigenvalue weighted by molar-refractivity contribution is 0.404. The standard InChI is InChI=1S/C7H9N3/c8-6-2-1-4-10-5-3-9-7(6)10/h1-5,7,9H,8H2. The maximum atomic E-state index is 5.69. The minimum absolute atomic E-state index is 0.157. The highest BCUT2D eigenvalue weighted by Crippen LogP contribution is 2.14. The van der Waals surface area contributed by atoms with Crippen LogP contribution in [0.25, 0.3) is 0 Å². The van der Waals surface area contributed by atoms with E-state index in [2.05, 4.69) is 5.32 Å². The number of fused-ring (bicyclic) bond motifs is 1. The first-order valence-electron chi connectivity index (χ1n) is 3.22. The molecule has 0 fully saturated rings. The summed E-state index contributed by atoms with van der Waals surface area (Å²) in [5, 5.41) is 3.11. The molecule has 52 valence electrons. The second-order valence-corrected chi connectivity index (χ2v) is 2.34. The molecule has 3 heteroatoms. The summed E-state index contributed by atoms with van der Waals surface area (Å²) in [6.07, 6.45) is 9.83. The lowest BCUT2D eigenvalue weighted by atomic mass is 10.2. The third kappa shape index (κ3) is 0.603. The van der Waals surface area contributed by atoms with E-state index in [1.807, 2.05) is 35.7 Å². The molecule has 2 heterocycles. The van der Waals surface area contributed by atoms with E-state index in [9.17, 15) is 0 Å². The smallest absolute Gasteiger partial charge is 0.143 e. The predicted octanol–water partition coefficient (Wildman–Crippen LogP) is 0.0588. The van der Waals surface area contributed by atoms with Crippen LogP contribution in [-0.4, -0.2) is 11.1 Å². The molecule has 0 radical (unpaired) electrons. The first kappa shape index (κ1) is 5.41. The quantitative estimate of drug-likeness (QED) is 0.493. The van der Waals surface area contributed by atoms with Crippen molar-refractivity contribution in [3.8, 4) is 0 Å². The molecule has 2 aliphatic rings. The monoisotopic (exact) mass is 135 g/mol. The van der Waals surface area contributed by atoms with Crippen LogP contribution in [0, 0.1) is 0 Å². The molecular formula is C7H9N3. The molecular weight excluding hydrogens is 126 g/mol. The van der Waals surface area contributed by atoms with E-state index in [-0.39, 0.29) is 6.17 Å². The lowest BCUT2D eigenvalue weighted by Gasteiger charge is -2.24. The zero-order valence-corrected chi connectivity index (χ0v) is 5.49. The van der Waals surface area contributed by atoms with Crippen molar-refractivity contribution in [2.75, 3.05) is 0 Å². The average Bonchev–Trinajstić information content (AvgIpc) is 2.36. The molecule has 10 heavy (non-hydrogen) atoms. The van der Waals surface area contributed by atoms with E-state index in [0.717, 1.165) is 5.70 Å².